The Kier molecular flexibility index (Phi) is 6.20. The lowest BCUT2D eigenvalue weighted by Crippen LogP contribution is -2.41. The van der Waals surface area contributed by atoms with Crippen molar-refractivity contribution in [3.63, 3.8) is 0 Å². The van der Waals surface area contributed by atoms with E-state index in [1.807, 2.05) is 58.2 Å². The zero-order chi connectivity index (χ0) is 18.4. The van der Waals surface area contributed by atoms with Crippen LogP contribution in [0.2, 0.25) is 0 Å². The third kappa shape index (κ3) is 4.82. The van der Waals surface area contributed by atoms with Crippen molar-refractivity contribution in [2.24, 2.45) is 12.5 Å². The summed E-state index contributed by atoms with van der Waals surface area (Å²) >= 11 is 0. The minimum atomic E-state index is -0.339. The molecule has 3 N–H and O–H groups in total. The Bertz CT molecular complexity index is 695. The molecule has 0 saturated carbocycles. The van der Waals surface area contributed by atoms with Gasteiger partial charge in [0.25, 0.3) is 0 Å². The van der Waals surface area contributed by atoms with Crippen LogP contribution in [0.4, 0.5) is 4.79 Å². The first-order valence-corrected chi connectivity index (χ1v) is 8.50. The Hall–Kier alpha value is -2.34. The second-order valence-corrected chi connectivity index (χ2v) is 7.05. The minimum Gasteiger partial charge on any atom is -0.396 e. The number of amides is 2. The third-order valence-electron chi connectivity index (χ3n) is 4.80. The van der Waals surface area contributed by atoms with Crippen molar-refractivity contribution in [1.29, 1.82) is 0 Å². The first-order chi connectivity index (χ1) is 11.8. The SMILES string of the molecule is Cc1c(CNC(=O)NCC(c2ccccc2)C(C)(C)CO)cnn1C. The van der Waals surface area contributed by atoms with Crippen LogP contribution in [0.5, 0.6) is 0 Å². The average Bonchev–Trinajstić information content (AvgIpc) is 2.92. The van der Waals surface area contributed by atoms with Gasteiger partial charge < -0.3 is 15.7 Å². The highest BCUT2D eigenvalue weighted by Crippen LogP contribution is 2.34. The van der Waals surface area contributed by atoms with Crippen LogP contribution < -0.4 is 10.6 Å². The van der Waals surface area contributed by atoms with Crippen LogP contribution in [0.3, 0.4) is 0 Å². The van der Waals surface area contributed by atoms with E-state index in [-0.39, 0.29) is 24.0 Å². The fourth-order valence-electron chi connectivity index (χ4n) is 2.79. The van der Waals surface area contributed by atoms with Gasteiger partial charge in [-0.3, -0.25) is 4.68 Å². The molecule has 0 fully saturated rings. The fourth-order valence-corrected chi connectivity index (χ4v) is 2.79. The quantitative estimate of drug-likeness (QED) is 0.721. The van der Waals surface area contributed by atoms with Crippen LogP contribution in [0, 0.1) is 12.3 Å². The van der Waals surface area contributed by atoms with Crippen LogP contribution in [-0.2, 0) is 13.6 Å². The molecule has 6 heteroatoms. The van der Waals surface area contributed by atoms with Crippen molar-refractivity contribution < 1.29 is 9.90 Å². The number of hydrogen-bond acceptors (Lipinski definition) is 3. The second-order valence-electron chi connectivity index (χ2n) is 7.05. The molecule has 0 aliphatic rings. The van der Waals surface area contributed by atoms with E-state index in [0.717, 1.165) is 16.8 Å². The Morgan fingerprint density at radius 3 is 2.52 bits per heavy atom. The normalized spacial score (nSPS) is 12.7. The van der Waals surface area contributed by atoms with Gasteiger partial charge in [0.1, 0.15) is 0 Å². The number of urea groups is 1. The predicted molar refractivity (Wildman–Crippen MR) is 98.2 cm³/mol. The molecular weight excluding hydrogens is 316 g/mol. The summed E-state index contributed by atoms with van der Waals surface area (Å²) in [4.78, 5) is 12.2. The molecule has 0 aliphatic heterocycles. The maximum Gasteiger partial charge on any atom is 0.315 e. The van der Waals surface area contributed by atoms with Gasteiger partial charge in [-0.15, -0.1) is 0 Å². The monoisotopic (exact) mass is 344 g/mol. The van der Waals surface area contributed by atoms with Gasteiger partial charge >= 0.3 is 6.03 Å². The molecule has 25 heavy (non-hydrogen) atoms. The zero-order valence-corrected chi connectivity index (χ0v) is 15.4. The molecule has 0 saturated heterocycles. The van der Waals surface area contributed by atoms with Crippen LogP contribution in [0.15, 0.2) is 36.5 Å². The number of hydrogen-bond donors (Lipinski definition) is 3. The number of nitrogens with one attached hydrogen (secondary N) is 2. The second kappa shape index (κ2) is 8.16. The van der Waals surface area contributed by atoms with E-state index >= 15 is 0 Å². The first-order valence-electron chi connectivity index (χ1n) is 8.50. The molecule has 2 amide bonds. The van der Waals surface area contributed by atoms with Crippen LogP contribution in [0.1, 0.15) is 36.6 Å². The standard InChI is InChI=1S/C19H28N4O2/c1-14-16(11-22-23(14)4)10-20-18(25)21-12-17(19(2,3)13-24)15-8-6-5-7-9-15/h5-9,11,17,24H,10,12-13H2,1-4H3,(H2,20,21,25). The van der Waals surface area contributed by atoms with E-state index in [9.17, 15) is 9.90 Å². The summed E-state index contributed by atoms with van der Waals surface area (Å²) in [7, 11) is 1.88. The maximum atomic E-state index is 12.2. The molecule has 0 spiro atoms. The number of aromatic nitrogens is 2. The van der Waals surface area contributed by atoms with Gasteiger partial charge in [0.2, 0.25) is 0 Å². The molecule has 1 aromatic carbocycles. The summed E-state index contributed by atoms with van der Waals surface area (Å²) in [6.07, 6.45) is 1.76. The number of aryl methyl sites for hydroxylation is 1. The molecule has 6 nitrogen and oxygen atoms in total. The van der Waals surface area contributed by atoms with Gasteiger partial charge in [-0.1, -0.05) is 44.2 Å². The summed E-state index contributed by atoms with van der Waals surface area (Å²) < 4.78 is 1.78. The van der Waals surface area contributed by atoms with E-state index < -0.39 is 0 Å². The van der Waals surface area contributed by atoms with Crippen molar-refractivity contribution in [3.8, 4) is 0 Å². The minimum absolute atomic E-state index is 0.0181. The molecule has 2 aromatic rings. The molecule has 1 heterocycles. The first kappa shape index (κ1) is 19.0. The molecule has 2 rings (SSSR count). The predicted octanol–water partition coefficient (Wildman–Crippen LogP) is 2.33. The number of rotatable bonds is 7. The van der Waals surface area contributed by atoms with E-state index in [1.165, 1.54) is 0 Å². The van der Waals surface area contributed by atoms with E-state index in [4.69, 9.17) is 0 Å². The lowest BCUT2D eigenvalue weighted by molar-refractivity contribution is 0.129. The van der Waals surface area contributed by atoms with E-state index in [1.54, 1.807) is 10.9 Å². The topological polar surface area (TPSA) is 79.2 Å². The Morgan fingerprint density at radius 1 is 1.28 bits per heavy atom. The molecule has 0 aliphatic carbocycles. The molecule has 0 bridgehead atoms. The summed E-state index contributed by atoms with van der Waals surface area (Å²) in [6.45, 7) is 6.91. The average molecular weight is 344 g/mol. The van der Waals surface area contributed by atoms with Crippen molar-refractivity contribution in [2.75, 3.05) is 13.2 Å². The van der Waals surface area contributed by atoms with Crippen molar-refractivity contribution in [2.45, 2.75) is 33.2 Å². The highest BCUT2D eigenvalue weighted by atomic mass is 16.3. The van der Waals surface area contributed by atoms with Crippen LogP contribution in [0.25, 0.3) is 0 Å². The Balaban J connectivity index is 1.96. The number of aliphatic hydroxyl groups is 1. The van der Waals surface area contributed by atoms with Crippen LogP contribution >= 0.6 is 0 Å². The molecule has 136 valence electrons. The van der Waals surface area contributed by atoms with Gasteiger partial charge in [0.15, 0.2) is 0 Å². The molecule has 0 radical (unpaired) electrons. The number of aliphatic hydroxyl groups excluding tert-OH is 1. The van der Waals surface area contributed by atoms with Gasteiger partial charge in [0.05, 0.1) is 6.20 Å². The zero-order valence-electron chi connectivity index (χ0n) is 15.4. The fraction of sp³-hybridized carbons (Fsp3) is 0.474. The third-order valence-corrected chi connectivity index (χ3v) is 4.80. The highest BCUT2D eigenvalue weighted by Gasteiger charge is 2.30. The van der Waals surface area contributed by atoms with Crippen molar-refractivity contribution in [1.82, 2.24) is 20.4 Å². The van der Waals surface area contributed by atoms with Crippen molar-refractivity contribution in [3.05, 3.63) is 53.3 Å². The summed E-state index contributed by atoms with van der Waals surface area (Å²) in [6, 6.07) is 9.74. The molecule has 1 aromatic heterocycles. The van der Waals surface area contributed by atoms with Gasteiger partial charge in [0, 0.05) is 43.9 Å². The van der Waals surface area contributed by atoms with Gasteiger partial charge in [-0.25, -0.2) is 4.79 Å². The molecular formula is C19H28N4O2. The van der Waals surface area contributed by atoms with E-state index in [0.29, 0.717) is 13.1 Å². The highest BCUT2D eigenvalue weighted by molar-refractivity contribution is 5.73. The van der Waals surface area contributed by atoms with Crippen LogP contribution in [-0.4, -0.2) is 34.1 Å². The lowest BCUT2D eigenvalue weighted by atomic mass is 9.75. The van der Waals surface area contributed by atoms with Crippen molar-refractivity contribution >= 4 is 6.03 Å². The summed E-state index contributed by atoms with van der Waals surface area (Å²) in [5, 5.41) is 19.7. The number of carbonyl (C=O) groups is 1. The Morgan fingerprint density at radius 2 is 1.96 bits per heavy atom. The number of carbonyl (C=O) groups excluding carboxylic acids is 1. The largest absolute Gasteiger partial charge is 0.396 e. The molecule has 1 unspecified atom stereocenters. The van der Waals surface area contributed by atoms with Gasteiger partial charge in [-0.2, -0.15) is 5.10 Å². The maximum absolute atomic E-state index is 12.2. The summed E-state index contributed by atoms with van der Waals surface area (Å²) in [5.41, 5.74) is 2.79. The smallest absolute Gasteiger partial charge is 0.315 e. The number of benzene rings is 1. The molecule has 1 atom stereocenters. The summed E-state index contributed by atoms with van der Waals surface area (Å²) in [5.74, 6) is 0.0181. The van der Waals surface area contributed by atoms with E-state index in [2.05, 4.69) is 15.7 Å². The number of nitrogens with zero attached hydrogens (tertiary/aromatic N) is 2. The lowest BCUT2D eigenvalue weighted by Gasteiger charge is -2.33. The van der Waals surface area contributed by atoms with Gasteiger partial charge in [-0.05, 0) is 17.9 Å². The Labute approximate surface area is 149 Å².